The molecule has 1 saturated heterocycles. The molecule has 0 aromatic rings. The van der Waals surface area contributed by atoms with Gasteiger partial charge in [-0.3, -0.25) is 19.3 Å². The summed E-state index contributed by atoms with van der Waals surface area (Å²) in [4.78, 5) is 39.5. The van der Waals surface area contributed by atoms with Crippen LogP contribution in [0.3, 0.4) is 0 Å². The first-order chi connectivity index (χ1) is 9.60. The number of amides is 3. The lowest BCUT2D eigenvalue weighted by molar-refractivity contribution is -0.140. The van der Waals surface area contributed by atoms with Crippen molar-refractivity contribution in [1.82, 2.24) is 9.80 Å². The predicted molar refractivity (Wildman–Crippen MR) is 74.7 cm³/mol. The highest BCUT2D eigenvalue weighted by Crippen LogP contribution is 2.37. The third kappa shape index (κ3) is 2.72. The molecular formula is C15H24N2O3. The molecule has 0 spiro atoms. The second-order valence-electron chi connectivity index (χ2n) is 5.64. The minimum absolute atomic E-state index is 0.0190. The van der Waals surface area contributed by atoms with Gasteiger partial charge in [-0.25, -0.2) is 0 Å². The predicted octanol–water partition coefficient (Wildman–Crippen LogP) is 1.42. The summed E-state index contributed by atoms with van der Waals surface area (Å²) >= 11 is 0. The molecule has 0 radical (unpaired) electrons. The molecule has 0 unspecified atom stereocenters. The Morgan fingerprint density at radius 2 is 1.60 bits per heavy atom. The first-order valence-electron chi connectivity index (χ1n) is 7.73. The number of nitrogens with zero attached hydrogens (tertiary/aromatic N) is 2. The van der Waals surface area contributed by atoms with Crippen LogP contribution < -0.4 is 0 Å². The number of likely N-dealkylation sites (tertiary alicyclic amines) is 1. The molecule has 1 aliphatic heterocycles. The number of imide groups is 1. The van der Waals surface area contributed by atoms with Crippen LogP contribution in [-0.2, 0) is 14.4 Å². The van der Waals surface area contributed by atoms with Crippen LogP contribution in [0.25, 0.3) is 0 Å². The van der Waals surface area contributed by atoms with Crippen LogP contribution in [0.2, 0.25) is 0 Å². The van der Waals surface area contributed by atoms with E-state index in [0.717, 1.165) is 25.7 Å². The summed E-state index contributed by atoms with van der Waals surface area (Å²) in [6.07, 6.45) is 3.98. The smallest absolute Gasteiger partial charge is 0.233 e. The summed E-state index contributed by atoms with van der Waals surface area (Å²) in [6.45, 7) is 5.45. The average Bonchev–Trinajstić information content (AvgIpc) is 2.71. The van der Waals surface area contributed by atoms with E-state index in [0.29, 0.717) is 13.1 Å². The lowest BCUT2D eigenvalue weighted by atomic mass is 9.81. The van der Waals surface area contributed by atoms with Crippen LogP contribution in [0.4, 0.5) is 0 Å². The maximum absolute atomic E-state index is 12.3. The van der Waals surface area contributed by atoms with E-state index in [-0.39, 0.29) is 42.5 Å². The maximum Gasteiger partial charge on any atom is 0.233 e. The van der Waals surface area contributed by atoms with Gasteiger partial charge >= 0.3 is 0 Å². The summed E-state index contributed by atoms with van der Waals surface area (Å²) in [5, 5.41) is 0. The molecule has 2 fully saturated rings. The van der Waals surface area contributed by atoms with E-state index in [2.05, 4.69) is 0 Å². The highest BCUT2D eigenvalue weighted by molar-refractivity contribution is 6.05. The largest absolute Gasteiger partial charge is 0.343 e. The highest BCUT2D eigenvalue weighted by atomic mass is 16.2. The number of hydrogen-bond acceptors (Lipinski definition) is 3. The van der Waals surface area contributed by atoms with Gasteiger partial charge in [0.2, 0.25) is 17.7 Å². The number of fused-ring (bicyclic) bond motifs is 1. The Kier molecular flexibility index (Phi) is 4.78. The van der Waals surface area contributed by atoms with E-state index in [1.54, 1.807) is 4.90 Å². The van der Waals surface area contributed by atoms with E-state index < -0.39 is 0 Å². The second kappa shape index (κ2) is 6.37. The lowest BCUT2D eigenvalue weighted by Crippen LogP contribution is -2.37. The van der Waals surface area contributed by atoms with Crippen molar-refractivity contribution in [3.8, 4) is 0 Å². The maximum atomic E-state index is 12.3. The monoisotopic (exact) mass is 280 g/mol. The lowest BCUT2D eigenvalue weighted by Gasteiger charge is -2.20. The molecule has 3 amide bonds. The number of carbonyl (C=O) groups excluding carboxylic acids is 3. The Balaban J connectivity index is 1.94. The van der Waals surface area contributed by atoms with Crippen molar-refractivity contribution in [2.75, 3.05) is 19.6 Å². The first kappa shape index (κ1) is 15.0. The van der Waals surface area contributed by atoms with Gasteiger partial charge in [0, 0.05) is 26.1 Å². The normalized spacial score (nSPS) is 25.8. The van der Waals surface area contributed by atoms with Crippen LogP contribution in [0.1, 0.15) is 46.0 Å². The van der Waals surface area contributed by atoms with E-state index in [4.69, 9.17) is 0 Å². The van der Waals surface area contributed by atoms with E-state index in [1.165, 1.54) is 4.90 Å². The first-order valence-corrected chi connectivity index (χ1v) is 7.73. The van der Waals surface area contributed by atoms with E-state index >= 15 is 0 Å². The van der Waals surface area contributed by atoms with E-state index in [9.17, 15) is 14.4 Å². The van der Waals surface area contributed by atoms with Crippen molar-refractivity contribution in [2.45, 2.75) is 46.0 Å². The van der Waals surface area contributed by atoms with Gasteiger partial charge in [-0.15, -0.1) is 0 Å². The third-order valence-corrected chi connectivity index (χ3v) is 4.60. The quantitative estimate of drug-likeness (QED) is 0.716. The molecule has 20 heavy (non-hydrogen) atoms. The summed E-state index contributed by atoms with van der Waals surface area (Å²) in [5.41, 5.74) is 0. The molecule has 5 nitrogen and oxygen atoms in total. The van der Waals surface area contributed by atoms with Gasteiger partial charge in [-0.05, 0) is 26.7 Å². The third-order valence-electron chi connectivity index (χ3n) is 4.60. The zero-order valence-electron chi connectivity index (χ0n) is 12.4. The summed E-state index contributed by atoms with van der Waals surface area (Å²) in [7, 11) is 0. The number of hydrogen-bond donors (Lipinski definition) is 0. The summed E-state index contributed by atoms with van der Waals surface area (Å²) in [5.74, 6) is -0.302. The Morgan fingerprint density at radius 1 is 1.10 bits per heavy atom. The van der Waals surface area contributed by atoms with Gasteiger partial charge in [0.05, 0.1) is 11.8 Å². The van der Waals surface area contributed by atoms with E-state index in [1.807, 2.05) is 13.8 Å². The van der Waals surface area contributed by atoms with Gasteiger partial charge in [-0.1, -0.05) is 12.8 Å². The molecule has 2 aliphatic rings. The van der Waals surface area contributed by atoms with Crippen LogP contribution in [0, 0.1) is 11.8 Å². The van der Waals surface area contributed by atoms with Gasteiger partial charge in [0.1, 0.15) is 0 Å². The molecule has 1 heterocycles. The van der Waals surface area contributed by atoms with Crippen LogP contribution in [0.15, 0.2) is 0 Å². The van der Waals surface area contributed by atoms with Gasteiger partial charge in [0.25, 0.3) is 0 Å². The fourth-order valence-corrected chi connectivity index (χ4v) is 3.39. The van der Waals surface area contributed by atoms with Gasteiger partial charge in [0.15, 0.2) is 0 Å². The van der Waals surface area contributed by atoms with Crippen molar-refractivity contribution in [1.29, 1.82) is 0 Å². The van der Waals surface area contributed by atoms with Gasteiger partial charge < -0.3 is 4.90 Å². The molecular weight excluding hydrogens is 256 g/mol. The summed E-state index contributed by atoms with van der Waals surface area (Å²) < 4.78 is 0. The topological polar surface area (TPSA) is 57.7 Å². The van der Waals surface area contributed by atoms with Crippen molar-refractivity contribution in [3.05, 3.63) is 0 Å². The molecule has 2 rings (SSSR count). The van der Waals surface area contributed by atoms with Crippen molar-refractivity contribution in [2.24, 2.45) is 11.8 Å². The Hall–Kier alpha value is -1.39. The SMILES string of the molecule is CCN(CC)C(=O)CCN1C(=O)[C@@H]2CCCC[C@H]2C1=O. The zero-order chi connectivity index (χ0) is 14.7. The van der Waals surface area contributed by atoms with Crippen molar-refractivity contribution in [3.63, 3.8) is 0 Å². The van der Waals surface area contributed by atoms with Crippen LogP contribution >= 0.6 is 0 Å². The molecule has 0 aromatic heterocycles. The van der Waals surface area contributed by atoms with Crippen molar-refractivity contribution >= 4 is 17.7 Å². The Labute approximate surface area is 120 Å². The Bertz CT molecular complexity index is 380. The standard InChI is InChI=1S/C15H24N2O3/c1-3-16(4-2)13(18)9-10-17-14(19)11-7-5-6-8-12(11)15(17)20/h11-12H,3-10H2,1-2H3/t11-,12-/m1/s1. The molecule has 5 heteroatoms. The van der Waals surface area contributed by atoms with Crippen molar-refractivity contribution < 1.29 is 14.4 Å². The summed E-state index contributed by atoms with van der Waals surface area (Å²) in [6, 6.07) is 0. The molecule has 1 aliphatic carbocycles. The fourth-order valence-electron chi connectivity index (χ4n) is 3.39. The highest BCUT2D eigenvalue weighted by Gasteiger charge is 2.47. The van der Waals surface area contributed by atoms with Gasteiger partial charge in [-0.2, -0.15) is 0 Å². The number of rotatable bonds is 5. The number of carbonyl (C=O) groups is 3. The average molecular weight is 280 g/mol. The minimum Gasteiger partial charge on any atom is -0.343 e. The molecule has 0 aromatic carbocycles. The second-order valence-corrected chi connectivity index (χ2v) is 5.64. The molecule has 1 saturated carbocycles. The molecule has 112 valence electrons. The fraction of sp³-hybridized carbons (Fsp3) is 0.800. The van der Waals surface area contributed by atoms with Crippen LogP contribution in [-0.4, -0.2) is 47.2 Å². The Morgan fingerprint density at radius 3 is 2.05 bits per heavy atom. The molecule has 2 atom stereocenters. The molecule has 0 N–H and O–H groups in total. The minimum atomic E-state index is -0.111. The van der Waals surface area contributed by atoms with Crippen LogP contribution in [0.5, 0.6) is 0 Å². The molecule has 0 bridgehead atoms. The zero-order valence-corrected chi connectivity index (χ0v) is 12.4.